The summed E-state index contributed by atoms with van der Waals surface area (Å²) in [6, 6.07) is 7.25. The van der Waals surface area contributed by atoms with Crippen LogP contribution in [0.25, 0.3) is 0 Å². The molecule has 0 aliphatic carbocycles. The average molecular weight is 217 g/mol. The van der Waals surface area contributed by atoms with Gasteiger partial charge < -0.3 is 5.32 Å². The Morgan fingerprint density at radius 2 is 1.88 bits per heavy atom. The lowest BCUT2D eigenvalue weighted by atomic mass is 9.97. The van der Waals surface area contributed by atoms with Crippen molar-refractivity contribution in [3.63, 3.8) is 0 Å². The van der Waals surface area contributed by atoms with E-state index in [0.29, 0.717) is 6.04 Å². The molecule has 0 aromatic heterocycles. The fourth-order valence-corrected chi connectivity index (χ4v) is 2.16. The van der Waals surface area contributed by atoms with Crippen molar-refractivity contribution in [1.82, 2.24) is 5.32 Å². The molecule has 88 valence electrons. The smallest absolute Gasteiger partial charge is 0.0317 e. The maximum atomic E-state index is 3.76. The van der Waals surface area contributed by atoms with Crippen molar-refractivity contribution in [2.24, 2.45) is 0 Å². The van der Waals surface area contributed by atoms with Gasteiger partial charge in [-0.15, -0.1) is 6.58 Å². The first kappa shape index (κ1) is 13.0. The van der Waals surface area contributed by atoms with Gasteiger partial charge >= 0.3 is 0 Å². The Balaban J connectivity index is 2.73. The van der Waals surface area contributed by atoms with Crippen LogP contribution in [0, 0.1) is 13.8 Å². The quantitative estimate of drug-likeness (QED) is 0.562. The highest BCUT2D eigenvalue weighted by atomic mass is 14.9. The summed E-state index contributed by atoms with van der Waals surface area (Å²) in [4.78, 5) is 0. The number of hydrogen-bond donors (Lipinski definition) is 1. The molecule has 1 N–H and O–H groups in total. The van der Waals surface area contributed by atoms with Gasteiger partial charge in [0.05, 0.1) is 0 Å². The maximum absolute atomic E-state index is 3.76. The first-order valence-electron chi connectivity index (χ1n) is 6.03. The summed E-state index contributed by atoms with van der Waals surface area (Å²) in [5, 5.41) is 3.40. The Morgan fingerprint density at radius 1 is 1.25 bits per heavy atom. The number of benzene rings is 1. The lowest BCUT2D eigenvalue weighted by Gasteiger charge is -2.17. The molecule has 1 aromatic rings. The van der Waals surface area contributed by atoms with Crippen LogP contribution in [0.15, 0.2) is 30.9 Å². The largest absolute Gasteiger partial charge is 0.313 e. The molecule has 0 amide bonds. The Kier molecular flexibility index (Phi) is 5.27. The van der Waals surface area contributed by atoms with Gasteiger partial charge in [0, 0.05) is 6.04 Å². The lowest BCUT2D eigenvalue weighted by Crippen LogP contribution is -2.16. The molecule has 1 aromatic carbocycles. The third kappa shape index (κ3) is 3.82. The van der Waals surface area contributed by atoms with Crippen molar-refractivity contribution in [3.8, 4) is 0 Å². The molecule has 0 heterocycles. The molecular formula is C15H23N. The van der Waals surface area contributed by atoms with E-state index in [1.54, 1.807) is 0 Å². The molecule has 0 fully saturated rings. The van der Waals surface area contributed by atoms with Crippen molar-refractivity contribution < 1.29 is 0 Å². The van der Waals surface area contributed by atoms with Gasteiger partial charge in [-0.3, -0.25) is 0 Å². The topological polar surface area (TPSA) is 12.0 Å². The molecule has 0 aliphatic heterocycles. The van der Waals surface area contributed by atoms with Gasteiger partial charge in [0.15, 0.2) is 0 Å². The van der Waals surface area contributed by atoms with Crippen molar-refractivity contribution in [2.45, 2.75) is 39.2 Å². The van der Waals surface area contributed by atoms with Crippen molar-refractivity contribution in [2.75, 3.05) is 7.05 Å². The highest BCUT2D eigenvalue weighted by molar-refractivity contribution is 5.30. The second kappa shape index (κ2) is 6.49. The molecular weight excluding hydrogens is 194 g/mol. The molecule has 0 radical (unpaired) electrons. The van der Waals surface area contributed by atoms with Crippen molar-refractivity contribution in [1.29, 1.82) is 0 Å². The molecule has 1 nitrogen and oxygen atoms in total. The van der Waals surface area contributed by atoms with Crippen LogP contribution in [0.5, 0.6) is 0 Å². The number of rotatable bonds is 6. The summed E-state index contributed by atoms with van der Waals surface area (Å²) in [7, 11) is 2.04. The molecule has 1 heteroatoms. The minimum atomic E-state index is 0.471. The van der Waals surface area contributed by atoms with Gasteiger partial charge in [-0.05, 0) is 45.7 Å². The van der Waals surface area contributed by atoms with E-state index in [0.717, 1.165) is 6.42 Å². The van der Waals surface area contributed by atoms with Crippen LogP contribution in [0.4, 0.5) is 0 Å². The van der Waals surface area contributed by atoms with E-state index in [9.17, 15) is 0 Å². The van der Waals surface area contributed by atoms with Crippen LogP contribution >= 0.6 is 0 Å². The predicted octanol–water partition coefficient (Wildman–Crippen LogP) is 3.92. The van der Waals surface area contributed by atoms with Crippen LogP contribution in [-0.4, -0.2) is 7.05 Å². The predicted molar refractivity (Wildman–Crippen MR) is 71.8 cm³/mol. The minimum absolute atomic E-state index is 0.471. The van der Waals surface area contributed by atoms with E-state index in [2.05, 4.69) is 43.9 Å². The van der Waals surface area contributed by atoms with Gasteiger partial charge in [0.2, 0.25) is 0 Å². The van der Waals surface area contributed by atoms with Crippen molar-refractivity contribution in [3.05, 3.63) is 47.5 Å². The highest BCUT2D eigenvalue weighted by Crippen LogP contribution is 2.21. The second-order valence-electron chi connectivity index (χ2n) is 4.48. The SMILES string of the molecule is C=CCCCC(NC)c1cc(C)cc(C)c1. The fraction of sp³-hybridized carbons (Fsp3) is 0.467. The van der Waals surface area contributed by atoms with E-state index < -0.39 is 0 Å². The summed E-state index contributed by atoms with van der Waals surface area (Å²) < 4.78 is 0. The first-order chi connectivity index (χ1) is 7.67. The van der Waals surface area contributed by atoms with Crippen LogP contribution in [0.1, 0.15) is 42.0 Å². The molecule has 0 spiro atoms. The minimum Gasteiger partial charge on any atom is -0.313 e. The van der Waals surface area contributed by atoms with Crippen LogP contribution < -0.4 is 5.32 Å². The summed E-state index contributed by atoms with van der Waals surface area (Å²) in [5.41, 5.74) is 4.10. The van der Waals surface area contributed by atoms with Crippen LogP contribution in [0.3, 0.4) is 0 Å². The third-order valence-corrected chi connectivity index (χ3v) is 2.90. The summed E-state index contributed by atoms with van der Waals surface area (Å²) in [6.07, 6.45) is 5.46. The number of allylic oxidation sites excluding steroid dienone is 1. The number of unbranched alkanes of at least 4 members (excludes halogenated alkanes) is 1. The van der Waals surface area contributed by atoms with E-state index in [-0.39, 0.29) is 0 Å². The summed E-state index contributed by atoms with van der Waals surface area (Å²) in [5.74, 6) is 0. The zero-order chi connectivity index (χ0) is 12.0. The van der Waals surface area contributed by atoms with Gasteiger partial charge in [-0.25, -0.2) is 0 Å². The highest BCUT2D eigenvalue weighted by Gasteiger charge is 2.08. The molecule has 0 aliphatic rings. The van der Waals surface area contributed by atoms with Gasteiger partial charge in [-0.2, -0.15) is 0 Å². The van der Waals surface area contributed by atoms with E-state index in [1.807, 2.05) is 13.1 Å². The lowest BCUT2D eigenvalue weighted by molar-refractivity contribution is 0.529. The maximum Gasteiger partial charge on any atom is 0.0317 e. The van der Waals surface area contributed by atoms with E-state index in [1.165, 1.54) is 29.5 Å². The molecule has 0 saturated carbocycles. The number of aryl methyl sites for hydroxylation is 2. The van der Waals surface area contributed by atoms with Crippen molar-refractivity contribution >= 4 is 0 Å². The number of hydrogen-bond acceptors (Lipinski definition) is 1. The molecule has 16 heavy (non-hydrogen) atoms. The Hall–Kier alpha value is -1.08. The summed E-state index contributed by atoms with van der Waals surface area (Å²) in [6.45, 7) is 8.08. The molecule has 1 unspecified atom stereocenters. The monoisotopic (exact) mass is 217 g/mol. The molecule has 0 bridgehead atoms. The molecule has 1 atom stereocenters. The Labute approximate surface area is 99.6 Å². The zero-order valence-electron chi connectivity index (χ0n) is 10.7. The fourth-order valence-electron chi connectivity index (χ4n) is 2.16. The van der Waals surface area contributed by atoms with E-state index >= 15 is 0 Å². The second-order valence-corrected chi connectivity index (χ2v) is 4.48. The van der Waals surface area contributed by atoms with Gasteiger partial charge in [-0.1, -0.05) is 35.4 Å². The molecule has 0 saturated heterocycles. The van der Waals surface area contributed by atoms with Crippen LogP contribution in [-0.2, 0) is 0 Å². The summed E-state index contributed by atoms with van der Waals surface area (Å²) >= 11 is 0. The Morgan fingerprint density at radius 3 is 2.38 bits per heavy atom. The molecule has 1 rings (SSSR count). The van der Waals surface area contributed by atoms with Gasteiger partial charge in [0.1, 0.15) is 0 Å². The Bertz CT molecular complexity index is 321. The first-order valence-corrected chi connectivity index (χ1v) is 6.03. The third-order valence-electron chi connectivity index (χ3n) is 2.90. The van der Waals surface area contributed by atoms with E-state index in [4.69, 9.17) is 0 Å². The van der Waals surface area contributed by atoms with Crippen LogP contribution in [0.2, 0.25) is 0 Å². The normalized spacial score (nSPS) is 12.4. The average Bonchev–Trinajstić information content (AvgIpc) is 2.23. The van der Waals surface area contributed by atoms with Gasteiger partial charge in [0.25, 0.3) is 0 Å². The standard InChI is InChI=1S/C15H23N/c1-5-6-7-8-15(16-4)14-10-12(2)9-13(3)11-14/h5,9-11,15-16H,1,6-8H2,2-4H3. The zero-order valence-corrected chi connectivity index (χ0v) is 10.7. The number of nitrogens with one attached hydrogen (secondary N) is 1.